The average Bonchev–Trinajstić information content (AvgIpc) is 1.81. The van der Waals surface area contributed by atoms with E-state index >= 15 is 0 Å². The van der Waals surface area contributed by atoms with E-state index in [2.05, 4.69) is 20.8 Å². The van der Waals surface area contributed by atoms with Crippen LogP contribution in [-0.2, 0) is 4.43 Å². The van der Waals surface area contributed by atoms with Gasteiger partial charge in [-0.25, -0.2) is 0 Å². The van der Waals surface area contributed by atoms with Gasteiger partial charge in [0.2, 0.25) is 0 Å². The Hall–Kier alpha value is 0.137. The molecule has 0 heterocycles. The summed E-state index contributed by atoms with van der Waals surface area (Å²) < 4.78 is 5.47. The van der Waals surface area contributed by atoms with Crippen molar-refractivity contribution < 1.29 is 4.43 Å². The standard InChI is InChI=1S/C7H19NOSi/c1-5-6(8)9-10-7(2,3)4/h6H,5,8,10H2,1-4H3. The van der Waals surface area contributed by atoms with E-state index in [1.807, 2.05) is 6.92 Å². The van der Waals surface area contributed by atoms with Crippen LogP contribution >= 0.6 is 0 Å². The van der Waals surface area contributed by atoms with Crippen molar-refractivity contribution in [1.82, 2.24) is 0 Å². The van der Waals surface area contributed by atoms with Crippen molar-refractivity contribution in [2.75, 3.05) is 0 Å². The van der Waals surface area contributed by atoms with Crippen LogP contribution in [0.4, 0.5) is 0 Å². The van der Waals surface area contributed by atoms with Gasteiger partial charge in [-0.2, -0.15) is 0 Å². The molecular weight excluding hydrogens is 142 g/mol. The lowest BCUT2D eigenvalue weighted by Crippen LogP contribution is -2.27. The van der Waals surface area contributed by atoms with E-state index in [1.165, 1.54) is 0 Å². The summed E-state index contributed by atoms with van der Waals surface area (Å²) in [6.45, 7) is 8.63. The Morgan fingerprint density at radius 1 is 1.50 bits per heavy atom. The van der Waals surface area contributed by atoms with Gasteiger partial charge in [-0.15, -0.1) is 0 Å². The molecule has 2 nitrogen and oxygen atoms in total. The summed E-state index contributed by atoms with van der Waals surface area (Å²) in [5.74, 6) is 0. The first kappa shape index (κ1) is 10.1. The molecule has 0 fully saturated rings. The molecule has 62 valence electrons. The van der Waals surface area contributed by atoms with Gasteiger partial charge >= 0.3 is 0 Å². The second-order valence-corrected chi connectivity index (χ2v) is 6.56. The predicted molar refractivity (Wildman–Crippen MR) is 47.6 cm³/mol. The van der Waals surface area contributed by atoms with Gasteiger partial charge < -0.3 is 10.2 Å². The molecule has 0 rings (SSSR count). The molecule has 0 aliphatic rings. The van der Waals surface area contributed by atoms with E-state index in [-0.39, 0.29) is 6.23 Å². The molecule has 0 bridgehead atoms. The van der Waals surface area contributed by atoms with Gasteiger partial charge in [-0.3, -0.25) is 0 Å². The third-order valence-corrected chi connectivity index (χ3v) is 2.59. The second kappa shape index (κ2) is 4.11. The summed E-state index contributed by atoms with van der Waals surface area (Å²) in [6, 6.07) is 0. The van der Waals surface area contributed by atoms with Gasteiger partial charge in [0.25, 0.3) is 0 Å². The lowest BCUT2D eigenvalue weighted by Gasteiger charge is -2.20. The molecule has 3 heteroatoms. The van der Waals surface area contributed by atoms with Crippen LogP contribution in [0.2, 0.25) is 5.04 Å². The Labute approximate surface area is 66.1 Å². The van der Waals surface area contributed by atoms with Gasteiger partial charge in [-0.05, 0) is 11.5 Å². The summed E-state index contributed by atoms with van der Waals surface area (Å²) in [5.41, 5.74) is 5.59. The van der Waals surface area contributed by atoms with E-state index in [1.54, 1.807) is 0 Å². The SMILES string of the molecule is CCC(N)O[SiH2]C(C)(C)C. The molecular formula is C7H19NOSi. The minimum absolute atomic E-state index is 0.0223. The number of nitrogens with two attached hydrogens (primary N) is 1. The Balaban J connectivity index is 3.36. The van der Waals surface area contributed by atoms with E-state index in [4.69, 9.17) is 10.2 Å². The maximum Gasteiger partial charge on any atom is 0.169 e. The topological polar surface area (TPSA) is 35.2 Å². The largest absolute Gasteiger partial charge is 0.409 e. The molecule has 0 aromatic carbocycles. The normalized spacial score (nSPS) is 16.5. The highest BCUT2D eigenvalue weighted by Crippen LogP contribution is 2.20. The molecule has 2 N–H and O–H groups in total. The summed E-state index contributed by atoms with van der Waals surface area (Å²) in [5, 5.41) is 0.368. The highest BCUT2D eigenvalue weighted by atomic mass is 28.2. The van der Waals surface area contributed by atoms with Crippen LogP contribution < -0.4 is 5.73 Å². The van der Waals surface area contributed by atoms with Crippen molar-refractivity contribution in [3.05, 3.63) is 0 Å². The quantitative estimate of drug-likeness (QED) is 0.495. The Morgan fingerprint density at radius 3 is 2.30 bits per heavy atom. The van der Waals surface area contributed by atoms with Crippen LogP contribution in [-0.4, -0.2) is 16.0 Å². The number of hydrogen-bond donors (Lipinski definition) is 1. The van der Waals surface area contributed by atoms with Crippen LogP contribution in [0.25, 0.3) is 0 Å². The molecule has 1 atom stereocenters. The lowest BCUT2D eigenvalue weighted by atomic mass is 10.3. The molecule has 0 aliphatic carbocycles. The van der Waals surface area contributed by atoms with Crippen molar-refractivity contribution in [3.8, 4) is 0 Å². The van der Waals surface area contributed by atoms with Crippen LogP contribution in [0.5, 0.6) is 0 Å². The Kier molecular flexibility index (Phi) is 4.16. The van der Waals surface area contributed by atoms with Gasteiger partial charge in [0.05, 0.1) is 6.23 Å². The molecule has 0 aromatic heterocycles. The summed E-state index contributed by atoms with van der Waals surface area (Å²) in [7, 11) is -0.434. The number of rotatable bonds is 3. The van der Waals surface area contributed by atoms with Gasteiger partial charge in [-0.1, -0.05) is 27.7 Å². The van der Waals surface area contributed by atoms with Crippen LogP contribution in [0.15, 0.2) is 0 Å². The second-order valence-electron chi connectivity index (χ2n) is 3.82. The molecule has 0 saturated heterocycles. The van der Waals surface area contributed by atoms with Crippen molar-refractivity contribution in [1.29, 1.82) is 0 Å². The van der Waals surface area contributed by atoms with E-state index in [0.29, 0.717) is 5.04 Å². The van der Waals surface area contributed by atoms with Crippen molar-refractivity contribution in [2.24, 2.45) is 5.73 Å². The smallest absolute Gasteiger partial charge is 0.169 e. The van der Waals surface area contributed by atoms with Gasteiger partial charge in [0.15, 0.2) is 9.76 Å². The maximum atomic E-state index is 5.59. The maximum absolute atomic E-state index is 5.59. The molecule has 0 amide bonds. The molecule has 0 saturated carbocycles. The first-order chi connectivity index (χ1) is 4.45. The highest BCUT2D eigenvalue weighted by Gasteiger charge is 2.12. The van der Waals surface area contributed by atoms with Crippen LogP contribution in [0.3, 0.4) is 0 Å². The zero-order chi connectivity index (χ0) is 8.20. The monoisotopic (exact) mass is 161 g/mol. The third-order valence-electron chi connectivity index (χ3n) is 1.13. The first-order valence-electron chi connectivity index (χ1n) is 3.83. The third kappa shape index (κ3) is 6.26. The van der Waals surface area contributed by atoms with Crippen molar-refractivity contribution in [3.63, 3.8) is 0 Å². The Bertz CT molecular complexity index is 90.1. The van der Waals surface area contributed by atoms with E-state index in [9.17, 15) is 0 Å². The van der Waals surface area contributed by atoms with Crippen molar-refractivity contribution >= 4 is 9.76 Å². The summed E-state index contributed by atoms with van der Waals surface area (Å²) >= 11 is 0. The zero-order valence-corrected chi connectivity index (χ0v) is 8.89. The zero-order valence-electron chi connectivity index (χ0n) is 7.48. The molecule has 10 heavy (non-hydrogen) atoms. The van der Waals surface area contributed by atoms with Crippen LogP contribution in [0, 0.1) is 0 Å². The fourth-order valence-electron chi connectivity index (χ4n) is 0.475. The summed E-state index contributed by atoms with van der Waals surface area (Å²) in [6.07, 6.45) is 0.897. The lowest BCUT2D eigenvalue weighted by molar-refractivity contribution is 0.207. The Morgan fingerprint density at radius 2 is 2.00 bits per heavy atom. The average molecular weight is 161 g/mol. The molecule has 0 aliphatic heterocycles. The van der Waals surface area contributed by atoms with E-state index in [0.717, 1.165) is 6.42 Å². The first-order valence-corrected chi connectivity index (χ1v) is 5.11. The number of hydrogen-bond acceptors (Lipinski definition) is 2. The van der Waals surface area contributed by atoms with Crippen LogP contribution in [0.1, 0.15) is 34.1 Å². The van der Waals surface area contributed by atoms with Gasteiger partial charge in [0.1, 0.15) is 0 Å². The summed E-state index contributed by atoms with van der Waals surface area (Å²) in [4.78, 5) is 0. The highest BCUT2D eigenvalue weighted by molar-refractivity contribution is 6.31. The fraction of sp³-hybridized carbons (Fsp3) is 1.00. The fourth-order valence-corrected chi connectivity index (χ4v) is 1.42. The van der Waals surface area contributed by atoms with E-state index < -0.39 is 9.76 Å². The molecule has 1 unspecified atom stereocenters. The minimum Gasteiger partial charge on any atom is -0.409 e. The van der Waals surface area contributed by atoms with Gasteiger partial charge in [0, 0.05) is 0 Å². The molecule has 0 spiro atoms. The van der Waals surface area contributed by atoms with Crippen molar-refractivity contribution in [2.45, 2.75) is 45.4 Å². The minimum atomic E-state index is -0.434. The molecule has 0 radical (unpaired) electrons. The predicted octanol–water partition coefficient (Wildman–Crippen LogP) is 1.000. The molecule has 0 aromatic rings.